The van der Waals surface area contributed by atoms with Gasteiger partial charge in [0.15, 0.2) is 5.13 Å². The molecule has 0 aromatic carbocycles. The van der Waals surface area contributed by atoms with Gasteiger partial charge in [-0.1, -0.05) is 0 Å². The van der Waals surface area contributed by atoms with E-state index in [9.17, 15) is 0 Å². The van der Waals surface area contributed by atoms with Crippen LogP contribution < -0.4 is 10.2 Å². The lowest BCUT2D eigenvalue weighted by Gasteiger charge is -2.31. The van der Waals surface area contributed by atoms with Crippen LogP contribution in [0.15, 0.2) is 6.20 Å². The van der Waals surface area contributed by atoms with Crippen molar-refractivity contribution in [1.29, 1.82) is 0 Å². The molecule has 2 heterocycles. The van der Waals surface area contributed by atoms with Crippen molar-refractivity contribution in [2.45, 2.75) is 38.8 Å². The lowest BCUT2D eigenvalue weighted by atomic mass is 10.0. The van der Waals surface area contributed by atoms with Crippen molar-refractivity contribution in [2.24, 2.45) is 0 Å². The summed E-state index contributed by atoms with van der Waals surface area (Å²) >= 11 is 1.80. The first-order valence-corrected chi connectivity index (χ1v) is 7.37. The summed E-state index contributed by atoms with van der Waals surface area (Å²) in [6.45, 7) is 8.27. The van der Waals surface area contributed by atoms with Crippen LogP contribution in [0.4, 0.5) is 5.13 Å². The van der Waals surface area contributed by atoms with Crippen LogP contribution in [-0.2, 0) is 11.3 Å². The van der Waals surface area contributed by atoms with Gasteiger partial charge in [0.2, 0.25) is 0 Å². The Bertz CT molecular complexity index is 378. The Hall–Kier alpha value is -0.650. The van der Waals surface area contributed by atoms with Gasteiger partial charge in [-0.25, -0.2) is 4.98 Å². The molecular weight excluding hydrogens is 246 g/mol. The second-order valence-corrected chi connectivity index (χ2v) is 6.44. The topological polar surface area (TPSA) is 37.4 Å². The van der Waals surface area contributed by atoms with Crippen LogP contribution >= 0.6 is 11.3 Å². The molecule has 1 aliphatic rings. The highest BCUT2D eigenvalue weighted by atomic mass is 32.1. The lowest BCUT2D eigenvalue weighted by molar-refractivity contribution is 0.199. The molecule has 0 bridgehead atoms. The second kappa shape index (κ2) is 5.99. The molecule has 0 spiro atoms. The van der Waals surface area contributed by atoms with Gasteiger partial charge >= 0.3 is 0 Å². The molecule has 1 aromatic rings. The fourth-order valence-corrected chi connectivity index (χ4v) is 3.42. The fourth-order valence-electron chi connectivity index (χ4n) is 2.35. The van der Waals surface area contributed by atoms with Gasteiger partial charge in [0.05, 0.1) is 6.61 Å². The maximum atomic E-state index is 5.01. The predicted octanol–water partition coefficient (Wildman–Crippen LogP) is 2.26. The number of hydrogen-bond donors (Lipinski definition) is 1. The summed E-state index contributed by atoms with van der Waals surface area (Å²) < 4.78 is 5.01. The van der Waals surface area contributed by atoms with Crippen molar-refractivity contribution in [1.82, 2.24) is 10.3 Å². The van der Waals surface area contributed by atoms with E-state index in [1.165, 1.54) is 22.9 Å². The summed E-state index contributed by atoms with van der Waals surface area (Å²) in [7, 11) is 1.72. The molecule has 1 aliphatic heterocycles. The van der Waals surface area contributed by atoms with Gasteiger partial charge in [-0.2, -0.15) is 0 Å². The molecule has 102 valence electrons. The smallest absolute Gasteiger partial charge is 0.185 e. The minimum Gasteiger partial charge on any atom is -0.383 e. The van der Waals surface area contributed by atoms with E-state index >= 15 is 0 Å². The van der Waals surface area contributed by atoms with Crippen LogP contribution in [0.3, 0.4) is 0 Å². The first-order chi connectivity index (χ1) is 8.63. The quantitative estimate of drug-likeness (QED) is 0.804. The number of nitrogens with one attached hydrogen (secondary N) is 1. The van der Waals surface area contributed by atoms with Crippen LogP contribution in [0.25, 0.3) is 0 Å². The summed E-state index contributed by atoms with van der Waals surface area (Å²) in [6.07, 6.45) is 4.52. The van der Waals surface area contributed by atoms with E-state index in [1.807, 2.05) is 6.20 Å². The van der Waals surface area contributed by atoms with Crippen LogP contribution in [0, 0.1) is 0 Å². The average Bonchev–Trinajstić information content (AvgIpc) is 2.90. The number of ether oxygens (including phenoxy) is 1. The molecule has 0 saturated carbocycles. The summed E-state index contributed by atoms with van der Waals surface area (Å²) in [6, 6.07) is 0. The second-order valence-electron chi connectivity index (χ2n) is 5.35. The van der Waals surface area contributed by atoms with Crippen molar-refractivity contribution in [3.8, 4) is 0 Å². The third kappa shape index (κ3) is 3.22. The standard InChI is InChI=1S/C13H23N3OS/c1-13(2)5-4-7-16(13)12-15-10-11(18-12)9-14-6-8-17-3/h10,14H,4-9H2,1-3H3. The highest BCUT2D eigenvalue weighted by Gasteiger charge is 2.33. The summed E-state index contributed by atoms with van der Waals surface area (Å²) in [5, 5.41) is 4.52. The van der Waals surface area contributed by atoms with Gasteiger partial charge in [0.1, 0.15) is 0 Å². The first-order valence-electron chi connectivity index (χ1n) is 6.55. The molecule has 1 fully saturated rings. The van der Waals surface area contributed by atoms with Crippen LogP contribution in [0.1, 0.15) is 31.6 Å². The van der Waals surface area contributed by atoms with E-state index in [0.717, 1.165) is 26.2 Å². The Morgan fingerprint density at radius 1 is 1.56 bits per heavy atom. The number of hydrogen-bond acceptors (Lipinski definition) is 5. The van der Waals surface area contributed by atoms with Crippen molar-refractivity contribution < 1.29 is 4.74 Å². The first kappa shape index (κ1) is 13.8. The highest BCUT2D eigenvalue weighted by Crippen LogP contribution is 2.35. The van der Waals surface area contributed by atoms with E-state index in [-0.39, 0.29) is 5.54 Å². The van der Waals surface area contributed by atoms with Gasteiger partial charge in [0, 0.05) is 43.4 Å². The third-order valence-electron chi connectivity index (χ3n) is 3.46. The largest absolute Gasteiger partial charge is 0.383 e. The maximum Gasteiger partial charge on any atom is 0.185 e. The number of aromatic nitrogens is 1. The van der Waals surface area contributed by atoms with Crippen LogP contribution in [0.2, 0.25) is 0 Å². The van der Waals surface area contributed by atoms with Gasteiger partial charge < -0.3 is 15.0 Å². The Morgan fingerprint density at radius 2 is 2.39 bits per heavy atom. The molecule has 0 unspecified atom stereocenters. The molecule has 1 aromatic heterocycles. The molecule has 0 atom stereocenters. The molecule has 0 aliphatic carbocycles. The Kier molecular flexibility index (Phi) is 4.59. The van der Waals surface area contributed by atoms with Gasteiger partial charge in [-0.15, -0.1) is 11.3 Å². The van der Waals surface area contributed by atoms with E-state index in [2.05, 4.69) is 29.0 Å². The van der Waals surface area contributed by atoms with Crippen molar-refractivity contribution >= 4 is 16.5 Å². The van der Waals surface area contributed by atoms with Crippen molar-refractivity contribution in [3.05, 3.63) is 11.1 Å². The van der Waals surface area contributed by atoms with E-state index in [4.69, 9.17) is 4.74 Å². The van der Waals surface area contributed by atoms with Crippen molar-refractivity contribution in [3.63, 3.8) is 0 Å². The Morgan fingerprint density at radius 3 is 3.06 bits per heavy atom. The van der Waals surface area contributed by atoms with Crippen LogP contribution in [0.5, 0.6) is 0 Å². The summed E-state index contributed by atoms with van der Waals surface area (Å²) in [4.78, 5) is 8.30. The van der Waals surface area contributed by atoms with E-state index in [1.54, 1.807) is 18.4 Å². The molecular formula is C13H23N3OS. The molecule has 1 N–H and O–H groups in total. The molecule has 4 nitrogen and oxygen atoms in total. The zero-order chi connectivity index (χ0) is 13.0. The molecule has 5 heteroatoms. The number of methoxy groups -OCH3 is 1. The number of rotatable bonds is 6. The van der Waals surface area contributed by atoms with Gasteiger partial charge in [0.25, 0.3) is 0 Å². The SMILES string of the molecule is COCCNCc1cnc(N2CCCC2(C)C)s1. The summed E-state index contributed by atoms with van der Waals surface area (Å²) in [5.41, 5.74) is 0.263. The minimum absolute atomic E-state index is 0.263. The Balaban J connectivity index is 1.90. The zero-order valence-corrected chi connectivity index (χ0v) is 12.3. The van der Waals surface area contributed by atoms with Gasteiger partial charge in [-0.05, 0) is 26.7 Å². The fraction of sp³-hybridized carbons (Fsp3) is 0.769. The molecule has 18 heavy (non-hydrogen) atoms. The van der Waals surface area contributed by atoms with Gasteiger partial charge in [-0.3, -0.25) is 0 Å². The van der Waals surface area contributed by atoms with E-state index in [0.29, 0.717) is 0 Å². The minimum atomic E-state index is 0.263. The normalized spacial score (nSPS) is 18.5. The predicted molar refractivity (Wildman–Crippen MR) is 76.4 cm³/mol. The molecule has 1 saturated heterocycles. The third-order valence-corrected chi connectivity index (χ3v) is 4.48. The zero-order valence-electron chi connectivity index (χ0n) is 11.5. The average molecular weight is 269 g/mol. The summed E-state index contributed by atoms with van der Waals surface area (Å²) in [5.74, 6) is 0. The number of thiazole rings is 1. The van der Waals surface area contributed by atoms with E-state index < -0.39 is 0 Å². The van der Waals surface area contributed by atoms with Crippen molar-refractivity contribution in [2.75, 3.05) is 31.7 Å². The lowest BCUT2D eigenvalue weighted by Crippen LogP contribution is -2.37. The maximum absolute atomic E-state index is 5.01. The monoisotopic (exact) mass is 269 g/mol. The molecule has 0 amide bonds. The molecule has 0 radical (unpaired) electrons. The highest BCUT2D eigenvalue weighted by molar-refractivity contribution is 7.15. The van der Waals surface area contributed by atoms with Crippen LogP contribution in [-0.4, -0.2) is 37.3 Å². The molecule has 2 rings (SSSR count). The number of nitrogens with zero attached hydrogens (tertiary/aromatic N) is 2. The Labute approximate surface area is 113 Å². The number of anilines is 1.